The fraction of sp³-hybridized carbons (Fsp3) is 0.407. The molecule has 48 heavy (non-hydrogen) atoms. The van der Waals surface area contributed by atoms with Gasteiger partial charge in [0.1, 0.15) is 18.3 Å². The monoisotopic (exact) mass is 732 g/mol. The maximum Gasteiger partial charge on any atom is 0.523 e. The van der Waals surface area contributed by atoms with Crippen LogP contribution in [0.1, 0.15) is 22.9 Å². The van der Waals surface area contributed by atoms with Crippen LogP contribution >= 0.6 is 0 Å². The molecule has 2 heterocycles. The number of benzene rings is 2. The van der Waals surface area contributed by atoms with E-state index in [4.69, 9.17) is 14.2 Å². The quantitative estimate of drug-likeness (QED) is 0.156. The Labute approximate surface area is 268 Å². The molecular weight excluding hydrogens is 706 g/mol. The molecule has 0 amide bonds. The van der Waals surface area contributed by atoms with E-state index in [2.05, 4.69) is 8.37 Å². The molecule has 0 unspecified atom stereocenters. The average Bonchev–Trinajstić information content (AvgIpc) is 3.29. The second-order valence-corrected chi connectivity index (χ2v) is 13.5. The van der Waals surface area contributed by atoms with Crippen molar-refractivity contribution in [3.63, 3.8) is 0 Å². The molecule has 1 fully saturated rings. The summed E-state index contributed by atoms with van der Waals surface area (Å²) in [5.41, 5.74) is -16.6. The van der Waals surface area contributed by atoms with E-state index in [9.17, 15) is 52.8 Å². The number of nitrogens with zero attached hydrogens (tertiary/aromatic N) is 1. The first kappa shape index (κ1) is 37.2. The van der Waals surface area contributed by atoms with Gasteiger partial charge in [-0.25, -0.2) is 4.79 Å². The van der Waals surface area contributed by atoms with Crippen molar-refractivity contribution in [1.29, 1.82) is 0 Å². The van der Waals surface area contributed by atoms with Crippen LogP contribution in [0.2, 0.25) is 0 Å². The van der Waals surface area contributed by atoms with Crippen molar-refractivity contribution in [3.05, 3.63) is 104 Å². The second kappa shape index (κ2) is 14.1. The van der Waals surface area contributed by atoms with Gasteiger partial charge in [0.15, 0.2) is 12.3 Å². The van der Waals surface area contributed by atoms with Crippen LogP contribution in [0.5, 0.6) is 0 Å². The van der Waals surface area contributed by atoms with Crippen molar-refractivity contribution in [2.24, 2.45) is 0 Å². The lowest BCUT2D eigenvalue weighted by Crippen LogP contribution is -2.53. The second-order valence-electron chi connectivity index (χ2n) is 10.4. The number of aromatic amines is 1. The fourth-order valence-corrected chi connectivity index (χ4v) is 5.64. The molecule has 1 aromatic heterocycles. The molecule has 0 bridgehead atoms. The van der Waals surface area contributed by atoms with Gasteiger partial charge >= 0.3 is 36.9 Å². The van der Waals surface area contributed by atoms with Crippen LogP contribution in [-0.4, -0.2) is 68.4 Å². The zero-order chi connectivity index (χ0) is 35.5. The Kier molecular flexibility index (Phi) is 10.9. The molecule has 3 aromatic rings. The SMILES string of the molecule is Cc1cn([C@@H]2O[C@@](COCc3ccccc3)(COS(=O)(=O)C(F)(F)F)[C@@H](OCc3ccccc3)[C@@H]2OS(=O)(=O)C(F)(F)F)c(=O)[nH]c1=O. The minimum atomic E-state index is -6.58. The van der Waals surface area contributed by atoms with Crippen LogP contribution in [0.15, 0.2) is 76.4 Å². The summed E-state index contributed by atoms with van der Waals surface area (Å²) in [6, 6.07) is 15.5. The highest BCUT2D eigenvalue weighted by Gasteiger charge is 2.63. The highest BCUT2D eigenvalue weighted by molar-refractivity contribution is 7.87. The van der Waals surface area contributed by atoms with E-state index in [1.165, 1.54) is 24.3 Å². The minimum Gasteiger partial charge on any atom is -0.374 e. The van der Waals surface area contributed by atoms with Crippen molar-refractivity contribution in [2.45, 2.75) is 55.2 Å². The summed E-state index contributed by atoms with van der Waals surface area (Å²) in [6.45, 7) is -2.47. The number of alkyl halides is 6. The lowest BCUT2D eigenvalue weighted by molar-refractivity contribution is -0.173. The molecule has 4 rings (SSSR count). The van der Waals surface area contributed by atoms with Gasteiger partial charge in [0.05, 0.1) is 19.8 Å². The first-order valence-electron chi connectivity index (χ1n) is 13.5. The molecule has 4 atom stereocenters. The van der Waals surface area contributed by atoms with Gasteiger partial charge in [0.25, 0.3) is 5.56 Å². The highest BCUT2D eigenvalue weighted by atomic mass is 32.2. The van der Waals surface area contributed by atoms with Crippen LogP contribution in [-0.2, 0) is 56.0 Å². The number of hydrogen-bond donors (Lipinski definition) is 1. The molecule has 0 spiro atoms. The third-order valence-corrected chi connectivity index (χ3v) is 8.90. The summed E-state index contributed by atoms with van der Waals surface area (Å²) < 4.78 is 156. The Morgan fingerprint density at radius 3 is 1.92 bits per heavy atom. The highest BCUT2D eigenvalue weighted by Crippen LogP contribution is 2.44. The van der Waals surface area contributed by atoms with Crippen molar-refractivity contribution in [2.75, 3.05) is 13.2 Å². The lowest BCUT2D eigenvalue weighted by Gasteiger charge is -2.34. The summed E-state index contributed by atoms with van der Waals surface area (Å²) >= 11 is 0. The van der Waals surface area contributed by atoms with Crippen LogP contribution in [0.3, 0.4) is 0 Å². The van der Waals surface area contributed by atoms with Crippen molar-refractivity contribution >= 4 is 20.2 Å². The molecule has 264 valence electrons. The maximum absolute atomic E-state index is 13.6. The third kappa shape index (κ3) is 8.33. The fourth-order valence-electron chi connectivity index (χ4n) is 4.55. The van der Waals surface area contributed by atoms with E-state index in [0.29, 0.717) is 15.7 Å². The minimum absolute atomic E-state index is 0.244. The molecule has 2 aromatic carbocycles. The molecule has 21 heteroatoms. The predicted molar refractivity (Wildman–Crippen MR) is 151 cm³/mol. The van der Waals surface area contributed by atoms with Crippen LogP contribution in [0, 0.1) is 6.92 Å². The van der Waals surface area contributed by atoms with Gasteiger partial charge < -0.3 is 14.2 Å². The number of hydrogen-bond acceptors (Lipinski definition) is 11. The van der Waals surface area contributed by atoms with E-state index in [-0.39, 0.29) is 12.2 Å². The Morgan fingerprint density at radius 2 is 1.38 bits per heavy atom. The molecule has 1 N–H and O–H groups in total. The summed E-state index contributed by atoms with van der Waals surface area (Å²) in [5, 5.41) is 0. The number of rotatable bonds is 13. The largest absolute Gasteiger partial charge is 0.523 e. The standard InChI is InChI=1S/C27H26F6N2O11S2/c1-17-12-35(24(37)34-22(17)36)23-20(46-48(40,41)27(31,32)33)21(43-14-19-10-6-3-7-11-19)25(45-23,16-44-47(38,39)26(28,29)30)15-42-13-18-8-4-2-5-9-18/h2-12,20-21,23H,13-16H2,1H3,(H,34,36,37)/t20-,21-,23+,25-/m0/s1. The Bertz CT molecular complexity index is 1900. The molecule has 1 aliphatic heterocycles. The number of aromatic nitrogens is 2. The smallest absolute Gasteiger partial charge is 0.374 e. The van der Waals surface area contributed by atoms with Crippen LogP contribution in [0.4, 0.5) is 26.3 Å². The van der Waals surface area contributed by atoms with E-state index < -0.39 is 86.4 Å². The molecule has 13 nitrogen and oxygen atoms in total. The van der Waals surface area contributed by atoms with Gasteiger partial charge in [0, 0.05) is 11.8 Å². The summed E-state index contributed by atoms with van der Waals surface area (Å²) in [4.78, 5) is 26.8. The van der Waals surface area contributed by atoms with Crippen LogP contribution < -0.4 is 11.2 Å². The van der Waals surface area contributed by atoms with Gasteiger partial charge in [-0.1, -0.05) is 60.7 Å². The molecule has 1 aliphatic rings. The number of aryl methyl sites for hydroxylation is 1. The Balaban J connectivity index is 1.90. The van der Waals surface area contributed by atoms with E-state index in [1.807, 2.05) is 4.98 Å². The van der Waals surface area contributed by atoms with E-state index in [1.54, 1.807) is 36.4 Å². The number of ether oxygens (including phenoxy) is 3. The lowest BCUT2D eigenvalue weighted by atomic mass is 9.96. The Morgan fingerprint density at radius 1 is 0.833 bits per heavy atom. The van der Waals surface area contributed by atoms with Gasteiger partial charge in [-0.2, -0.15) is 43.2 Å². The maximum atomic E-state index is 13.6. The first-order chi connectivity index (χ1) is 22.3. The molecular formula is C27H26F6N2O11S2. The summed E-state index contributed by atoms with van der Waals surface area (Å²) in [7, 11) is -13.0. The molecule has 0 saturated carbocycles. The molecule has 0 radical (unpaired) electrons. The zero-order valence-corrected chi connectivity index (χ0v) is 26.1. The summed E-state index contributed by atoms with van der Waals surface area (Å²) in [6.07, 6.45) is -6.42. The molecule has 0 aliphatic carbocycles. The predicted octanol–water partition coefficient (Wildman–Crippen LogP) is 3.02. The topological polar surface area (TPSA) is 169 Å². The average molecular weight is 733 g/mol. The number of halogens is 6. The zero-order valence-electron chi connectivity index (χ0n) is 24.4. The van der Waals surface area contributed by atoms with Crippen molar-refractivity contribution < 1.29 is 65.8 Å². The van der Waals surface area contributed by atoms with Crippen LogP contribution in [0.25, 0.3) is 0 Å². The first-order valence-corrected chi connectivity index (χ1v) is 16.3. The normalized spacial score (nSPS) is 22.2. The number of H-pyrrole nitrogens is 1. The molecule has 1 saturated heterocycles. The Hall–Kier alpha value is -3.60. The van der Waals surface area contributed by atoms with Crippen molar-refractivity contribution in [1.82, 2.24) is 9.55 Å². The van der Waals surface area contributed by atoms with E-state index >= 15 is 0 Å². The van der Waals surface area contributed by atoms with Crippen molar-refractivity contribution in [3.8, 4) is 0 Å². The van der Waals surface area contributed by atoms with Gasteiger partial charge in [-0.05, 0) is 18.1 Å². The van der Waals surface area contributed by atoms with Gasteiger partial charge in [0.2, 0.25) is 0 Å². The summed E-state index contributed by atoms with van der Waals surface area (Å²) in [5.74, 6) is 0. The third-order valence-electron chi connectivity index (χ3n) is 6.87. The van der Waals surface area contributed by atoms with E-state index in [0.717, 1.165) is 13.1 Å². The number of nitrogens with one attached hydrogen (secondary N) is 1. The van der Waals surface area contributed by atoms with Gasteiger partial charge in [-0.15, -0.1) is 0 Å². The van der Waals surface area contributed by atoms with Gasteiger partial charge in [-0.3, -0.25) is 22.7 Å².